The summed E-state index contributed by atoms with van der Waals surface area (Å²) in [6.07, 6.45) is 0. The number of nitrogens with zero attached hydrogens (tertiary/aromatic N) is 4. The molecule has 31 heavy (non-hydrogen) atoms. The van der Waals surface area contributed by atoms with Gasteiger partial charge in [0, 0.05) is 56.6 Å². The molecule has 2 heterocycles. The summed E-state index contributed by atoms with van der Waals surface area (Å²) >= 11 is 0. The molecule has 2 aliphatic heterocycles. The van der Waals surface area contributed by atoms with Crippen molar-refractivity contribution in [2.75, 3.05) is 62.3 Å². The SMILES string of the molecule is Cc1ccc(C(=O)N2CCN(c3ccc([N+](=O)[O-])c(N4CCOCC4)c3)CC2)cc1C. The molecule has 0 bridgehead atoms. The van der Waals surface area contributed by atoms with Gasteiger partial charge in [0.1, 0.15) is 5.69 Å². The number of ether oxygens (including phenoxy) is 1. The number of aryl methyl sites for hydroxylation is 2. The Morgan fingerprint density at radius 1 is 0.903 bits per heavy atom. The molecule has 2 saturated heterocycles. The second-order valence-corrected chi connectivity index (χ2v) is 8.11. The van der Waals surface area contributed by atoms with Crippen LogP contribution >= 0.6 is 0 Å². The minimum absolute atomic E-state index is 0.0560. The Labute approximate surface area is 182 Å². The van der Waals surface area contributed by atoms with Crippen molar-refractivity contribution in [3.05, 3.63) is 63.2 Å². The number of amides is 1. The lowest BCUT2D eigenvalue weighted by Crippen LogP contribution is -2.48. The fourth-order valence-corrected chi connectivity index (χ4v) is 4.15. The van der Waals surface area contributed by atoms with Crippen molar-refractivity contribution in [1.82, 2.24) is 4.90 Å². The molecule has 0 saturated carbocycles. The molecule has 8 nitrogen and oxygen atoms in total. The molecule has 0 spiro atoms. The summed E-state index contributed by atoms with van der Waals surface area (Å²) in [4.78, 5) is 30.2. The van der Waals surface area contributed by atoms with Gasteiger partial charge in [-0.15, -0.1) is 0 Å². The third kappa shape index (κ3) is 4.49. The lowest BCUT2D eigenvalue weighted by atomic mass is 10.1. The molecule has 0 N–H and O–H groups in total. The fraction of sp³-hybridized carbons (Fsp3) is 0.435. The zero-order valence-electron chi connectivity index (χ0n) is 18.0. The topological polar surface area (TPSA) is 79.2 Å². The van der Waals surface area contributed by atoms with E-state index in [9.17, 15) is 14.9 Å². The Morgan fingerprint density at radius 2 is 1.61 bits per heavy atom. The largest absolute Gasteiger partial charge is 0.378 e. The second kappa shape index (κ2) is 8.93. The van der Waals surface area contributed by atoms with Gasteiger partial charge in [-0.05, 0) is 49.2 Å². The monoisotopic (exact) mass is 424 g/mol. The molecule has 0 radical (unpaired) electrons. The van der Waals surface area contributed by atoms with E-state index in [2.05, 4.69) is 4.90 Å². The van der Waals surface area contributed by atoms with E-state index in [0.29, 0.717) is 58.2 Å². The van der Waals surface area contributed by atoms with Crippen LogP contribution < -0.4 is 9.80 Å². The zero-order valence-corrected chi connectivity index (χ0v) is 18.0. The second-order valence-electron chi connectivity index (χ2n) is 8.11. The number of hydrogen-bond acceptors (Lipinski definition) is 6. The van der Waals surface area contributed by atoms with Gasteiger partial charge in [0.05, 0.1) is 18.1 Å². The van der Waals surface area contributed by atoms with Crippen LogP contribution in [0.2, 0.25) is 0 Å². The predicted octanol–water partition coefficient (Wildman–Crippen LogP) is 3.01. The molecular formula is C23H28N4O4. The summed E-state index contributed by atoms with van der Waals surface area (Å²) in [6.45, 7) is 9.11. The van der Waals surface area contributed by atoms with E-state index in [1.165, 1.54) is 5.56 Å². The summed E-state index contributed by atoms with van der Waals surface area (Å²) in [7, 11) is 0. The maximum atomic E-state index is 12.9. The number of piperazine rings is 1. The summed E-state index contributed by atoms with van der Waals surface area (Å²) in [5.41, 5.74) is 4.72. The number of anilines is 2. The summed E-state index contributed by atoms with van der Waals surface area (Å²) in [5, 5.41) is 11.5. The quantitative estimate of drug-likeness (QED) is 0.555. The molecule has 2 fully saturated rings. The van der Waals surface area contributed by atoms with Crippen LogP contribution in [0.1, 0.15) is 21.5 Å². The summed E-state index contributed by atoms with van der Waals surface area (Å²) < 4.78 is 5.39. The van der Waals surface area contributed by atoms with Crippen LogP contribution in [0.3, 0.4) is 0 Å². The predicted molar refractivity (Wildman–Crippen MR) is 120 cm³/mol. The Bertz CT molecular complexity index is 980. The number of benzene rings is 2. The van der Waals surface area contributed by atoms with Crippen molar-refractivity contribution in [2.24, 2.45) is 0 Å². The molecular weight excluding hydrogens is 396 g/mol. The lowest BCUT2D eigenvalue weighted by molar-refractivity contribution is -0.384. The summed E-state index contributed by atoms with van der Waals surface area (Å²) in [6, 6.07) is 11.1. The molecule has 2 aromatic rings. The van der Waals surface area contributed by atoms with Crippen LogP contribution in [-0.2, 0) is 4.74 Å². The van der Waals surface area contributed by atoms with Gasteiger partial charge < -0.3 is 19.4 Å². The third-order valence-electron chi connectivity index (χ3n) is 6.19. The van der Waals surface area contributed by atoms with E-state index < -0.39 is 0 Å². The first kappa shape index (κ1) is 21.1. The number of carbonyl (C=O) groups is 1. The Hall–Kier alpha value is -3.13. The Kier molecular flexibility index (Phi) is 6.08. The average Bonchev–Trinajstić information content (AvgIpc) is 2.80. The highest BCUT2D eigenvalue weighted by Gasteiger charge is 2.26. The van der Waals surface area contributed by atoms with Crippen molar-refractivity contribution in [1.29, 1.82) is 0 Å². The highest BCUT2D eigenvalue weighted by molar-refractivity contribution is 5.94. The van der Waals surface area contributed by atoms with Crippen molar-refractivity contribution < 1.29 is 14.5 Å². The minimum atomic E-state index is -0.325. The molecule has 0 aliphatic carbocycles. The van der Waals surface area contributed by atoms with Crippen molar-refractivity contribution >= 4 is 23.0 Å². The normalized spacial score (nSPS) is 17.0. The first-order chi connectivity index (χ1) is 14.9. The van der Waals surface area contributed by atoms with E-state index in [4.69, 9.17) is 4.74 Å². The molecule has 8 heteroatoms. The molecule has 4 rings (SSSR count). The minimum Gasteiger partial charge on any atom is -0.378 e. The van der Waals surface area contributed by atoms with Gasteiger partial charge in [0.15, 0.2) is 0 Å². The number of nitro groups is 1. The zero-order chi connectivity index (χ0) is 22.0. The van der Waals surface area contributed by atoms with Crippen LogP contribution in [0.15, 0.2) is 36.4 Å². The number of rotatable bonds is 4. The number of carbonyl (C=O) groups excluding carboxylic acids is 1. The number of hydrogen-bond donors (Lipinski definition) is 0. The van der Waals surface area contributed by atoms with E-state index in [1.54, 1.807) is 6.07 Å². The van der Waals surface area contributed by atoms with Crippen LogP contribution in [0.25, 0.3) is 0 Å². The molecule has 0 unspecified atom stereocenters. The average molecular weight is 425 g/mol. The van der Waals surface area contributed by atoms with Crippen molar-refractivity contribution in [3.8, 4) is 0 Å². The van der Waals surface area contributed by atoms with E-state index in [1.807, 2.05) is 54.0 Å². The first-order valence-corrected chi connectivity index (χ1v) is 10.7. The molecule has 0 aromatic heterocycles. The first-order valence-electron chi connectivity index (χ1n) is 10.7. The van der Waals surface area contributed by atoms with Crippen LogP contribution in [-0.4, -0.2) is 68.2 Å². The van der Waals surface area contributed by atoms with Gasteiger partial charge in [-0.3, -0.25) is 14.9 Å². The van der Waals surface area contributed by atoms with Crippen molar-refractivity contribution in [3.63, 3.8) is 0 Å². The van der Waals surface area contributed by atoms with Gasteiger partial charge in [-0.2, -0.15) is 0 Å². The maximum absolute atomic E-state index is 12.9. The summed E-state index contributed by atoms with van der Waals surface area (Å²) in [5.74, 6) is 0.0560. The lowest BCUT2D eigenvalue weighted by Gasteiger charge is -2.37. The van der Waals surface area contributed by atoms with Crippen molar-refractivity contribution in [2.45, 2.75) is 13.8 Å². The maximum Gasteiger partial charge on any atom is 0.292 e. The molecule has 2 aliphatic rings. The fourth-order valence-electron chi connectivity index (χ4n) is 4.15. The smallest absolute Gasteiger partial charge is 0.292 e. The Morgan fingerprint density at radius 3 is 2.26 bits per heavy atom. The highest BCUT2D eigenvalue weighted by Crippen LogP contribution is 2.33. The Balaban J connectivity index is 1.47. The molecule has 1 amide bonds. The van der Waals surface area contributed by atoms with E-state index >= 15 is 0 Å². The number of nitro benzene ring substituents is 1. The van der Waals surface area contributed by atoms with Gasteiger partial charge in [0.2, 0.25) is 0 Å². The van der Waals surface area contributed by atoms with Gasteiger partial charge >= 0.3 is 0 Å². The van der Waals surface area contributed by atoms with Crippen LogP contribution in [0.4, 0.5) is 17.1 Å². The van der Waals surface area contributed by atoms with Gasteiger partial charge in [-0.25, -0.2) is 0 Å². The molecule has 0 atom stereocenters. The van der Waals surface area contributed by atoms with E-state index in [0.717, 1.165) is 16.8 Å². The van der Waals surface area contributed by atoms with Gasteiger partial charge in [0.25, 0.3) is 11.6 Å². The molecule has 164 valence electrons. The van der Waals surface area contributed by atoms with E-state index in [-0.39, 0.29) is 16.5 Å². The third-order valence-corrected chi connectivity index (χ3v) is 6.19. The van der Waals surface area contributed by atoms with Crippen LogP contribution in [0.5, 0.6) is 0 Å². The number of morpholine rings is 1. The van der Waals surface area contributed by atoms with Crippen LogP contribution in [0, 0.1) is 24.0 Å². The standard InChI is InChI=1S/C23H28N4O4/c1-17-3-4-19(15-18(17)2)23(28)26-9-7-24(8-10-26)20-5-6-21(27(29)30)22(16-20)25-11-13-31-14-12-25/h3-6,15-16H,7-14H2,1-2H3. The highest BCUT2D eigenvalue weighted by atomic mass is 16.6. The van der Waals surface area contributed by atoms with Gasteiger partial charge in [-0.1, -0.05) is 6.07 Å². The molecule has 2 aromatic carbocycles.